The molecule has 0 aromatic heterocycles. The lowest BCUT2D eigenvalue weighted by Crippen LogP contribution is -2.45. The average molecular weight is 543 g/mol. The lowest BCUT2D eigenvalue weighted by Gasteiger charge is -2.34. The van der Waals surface area contributed by atoms with Crippen LogP contribution in [-0.4, -0.2) is 47.0 Å². The van der Waals surface area contributed by atoms with Crippen LogP contribution in [0.4, 0.5) is 0 Å². The highest BCUT2D eigenvalue weighted by Gasteiger charge is 2.46. The maximum atomic E-state index is 13.6. The van der Waals surface area contributed by atoms with Crippen LogP contribution in [0.25, 0.3) is 0 Å². The number of fused-ring (bicyclic) bond motifs is 1. The first-order chi connectivity index (χ1) is 15.1. The molecule has 7 nitrogen and oxygen atoms in total. The molecule has 0 amide bonds. The second kappa shape index (κ2) is 9.72. The van der Waals surface area contributed by atoms with Crippen LogP contribution >= 0.6 is 39.3 Å². The molecule has 32 heavy (non-hydrogen) atoms. The predicted octanol–water partition coefficient (Wildman–Crippen LogP) is 4.94. The second-order valence-corrected chi connectivity index (χ2v) is 9.44. The SMILES string of the molecule is CCOC(=O)C1=C(C(=O)c2cc(Cl)cc(Br)c2O)C=C2SC(C)=C(C)N2C1C(=O)OCC. The van der Waals surface area contributed by atoms with Crippen LogP contribution in [0, 0.1) is 0 Å². The fraction of sp³-hybridized carbons (Fsp3) is 0.318. The van der Waals surface area contributed by atoms with E-state index in [1.165, 1.54) is 30.0 Å². The molecule has 1 aromatic rings. The summed E-state index contributed by atoms with van der Waals surface area (Å²) < 4.78 is 10.7. The van der Waals surface area contributed by atoms with Crippen molar-refractivity contribution in [2.45, 2.75) is 33.7 Å². The molecule has 2 heterocycles. The van der Waals surface area contributed by atoms with Gasteiger partial charge in [0.25, 0.3) is 0 Å². The van der Waals surface area contributed by atoms with Crippen molar-refractivity contribution in [3.05, 3.63) is 60.0 Å². The number of aromatic hydroxyl groups is 1. The van der Waals surface area contributed by atoms with E-state index in [2.05, 4.69) is 15.9 Å². The van der Waals surface area contributed by atoms with Crippen LogP contribution < -0.4 is 0 Å². The van der Waals surface area contributed by atoms with E-state index >= 15 is 0 Å². The lowest BCUT2D eigenvalue weighted by atomic mass is 9.90. The molecule has 10 heteroatoms. The number of phenols is 1. The summed E-state index contributed by atoms with van der Waals surface area (Å²) in [4.78, 5) is 42.2. The van der Waals surface area contributed by atoms with Gasteiger partial charge < -0.3 is 19.5 Å². The van der Waals surface area contributed by atoms with Crippen molar-refractivity contribution in [1.29, 1.82) is 0 Å². The zero-order valence-corrected chi connectivity index (χ0v) is 21.0. The first-order valence-corrected chi connectivity index (χ1v) is 11.8. The lowest BCUT2D eigenvalue weighted by molar-refractivity contribution is -0.150. The number of ketones is 1. The standard InChI is InChI=1S/C22H21BrClNO6S/c1-5-30-21(28)17-13(19(26)14-7-12(24)8-15(23)20(14)27)9-16-25(10(3)11(4)32-16)18(17)22(29)31-6-2/h7-9,18,27H,5-6H2,1-4H3. The van der Waals surface area contributed by atoms with Crippen LogP contribution in [0.2, 0.25) is 5.02 Å². The van der Waals surface area contributed by atoms with Crippen molar-refractivity contribution in [2.24, 2.45) is 0 Å². The van der Waals surface area contributed by atoms with Crippen molar-refractivity contribution in [3.8, 4) is 5.75 Å². The van der Waals surface area contributed by atoms with Crippen LogP contribution in [0.5, 0.6) is 5.75 Å². The number of hydrogen-bond donors (Lipinski definition) is 1. The van der Waals surface area contributed by atoms with Crippen molar-refractivity contribution in [1.82, 2.24) is 4.90 Å². The van der Waals surface area contributed by atoms with Gasteiger partial charge in [-0.3, -0.25) is 4.79 Å². The van der Waals surface area contributed by atoms with Crippen LogP contribution in [0.3, 0.4) is 0 Å². The zero-order valence-electron chi connectivity index (χ0n) is 17.8. The Bertz CT molecular complexity index is 1110. The van der Waals surface area contributed by atoms with E-state index in [1.54, 1.807) is 18.7 Å². The van der Waals surface area contributed by atoms with Gasteiger partial charge in [0.1, 0.15) is 5.75 Å². The number of allylic oxidation sites excluding steroid dienone is 4. The van der Waals surface area contributed by atoms with E-state index in [4.69, 9.17) is 21.1 Å². The summed E-state index contributed by atoms with van der Waals surface area (Å²) in [6.45, 7) is 7.14. The number of carbonyl (C=O) groups excluding carboxylic acids is 3. The minimum Gasteiger partial charge on any atom is -0.506 e. The highest BCUT2D eigenvalue weighted by atomic mass is 79.9. The Balaban J connectivity index is 2.28. The summed E-state index contributed by atoms with van der Waals surface area (Å²) in [5.74, 6) is -2.49. The number of ether oxygens (including phenoxy) is 2. The Morgan fingerprint density at radius 1 is 1.19 bits per heavy atom. The Labute approximate surface area is 203 Å². The molecule has 1 N–H and O–H groups in total. The predicted molar refractivity (Wildman–Crippen MR) is 125 cm³/mol. The number of benzene rings is 1. The molecule has 3 rings (SSSR count). The van der Waals surface area contributed by atoms with Crippen LogP contribution in [-0.2, 0) is 19.1 Å². The topological polar surface area (TPSA) is 93.1 Å². The Morgan fingerprint density at radius 2 is 1.84 bits per heavy atom. The van der Waals surface area contributed by atoms with E-state index in [0.717, 1.165) is 10.6 Å². The first-order valence-electron chi connectivity index (χ1n) is 9.79. The van der Waals surface area contributed by atoms with E-state index < -0.39 is 23.8 Å². The van der Waals surface area contributed by atoms with Crippen molar-refractivity contribution in [3.63, 3.8) is 0 Å². The molecule has 1 atom stereocenters. The molecule has 0 saturated heterocycles. The van der Waals surface area contributed by atoms with Gasteiger partial charge in [-0.05, 0) is 61.8 Å². The van der Waals surface area contributed by atoms with Gasteiger partial charge in [-0.2, -0.15) is 0 Å². The van der Waals surface area contributed by atoms with Crippen molar-refractivity contribution >= 4 is 57.0 Å². The maximum absolute atomic E-state index is 13.6. The smallest absolute Gasteiger partial charge is 0.337 e. The van der Waals surface area contributed by atoms with Gasteiger partial charge in [0.05, 0.1) is 33.9 Å². The Morgan fingerprint density at radius 3 is 2.47 bits per heavy atom. The molecule has 1 aromatic carbocycles. The number of halogens is 2. The molecule has 0 radical (unpaired) electrons. The van der Waals surface area contributed by atoms with E-state index in [1.807, 2.05) is 13.8 Å². The van der Waals surface area contributed by atoms with Crippen molar-refractivity contribution in [2.75, 3.05) is 13.2 Å². The maximum Gasteiger partial charge on any atom is 0.337 e. The number of nitrogens with zero attached hydrogens (tertiary/aromatic N) is 1. The fourth-order valence-electron chi connectivity index (χ4n) is 3.46. The van der Waals surface area contributed by atoms with E-state index in [-0.39, 0.29) is 45.2 Å². The molecule has 170 valence electrons. The minimum absolute atomic E-state index is 0.0481. The molecule has 0 saturated carbocycles. The number of esters is 2. The summed E-state index contributed by atoms with van der Waals surface area (Å²) in [5.41, 5.74) is 0.441. The Hall–Kier alpha value is -2.23. The van der Waals surface area contributed by atoms with Gasteiger partial charge in [0, 0.05) is 21.2 Å². The first kappa shape index (κ1) is 24.4. The average Bonchev–Trinajstić information content (AvgIpc) is 3.02. The molecular weight excluding hydrogens is 522 g/mol. The van der Waals surface area contributed by atoms with Gasteiger partial charge in [-0.15, -0.1) is 0 Å². The van der Waals surface area contributed by atoms with Gasteiger partial charge in [0.15, 0.2) is 11.8 Å². The van der Waals surface area contributed by atoms with Gasteiger partial charge in [-0.25, -0.2) is 9.59 Å². The summed E-state index contributed by atoms with van der Waals surface area (Å²) in [6, 6.07) is 1.54. The van der Waals surface area contributed by atoms with Crippen molar-refractivity contribution < 1.29 is 29.0 Å². The summed E-state index contributed by atoms with van der Waals surface area (Å²) in [6.07, 6.45) is 1.53. The zero-order chi connectivity index (χ0) is 23.7. The molecule has 0 aliphatic carbocycles. The highest BCUT2D eigenvalue weighted by molar-refractivity contribution is 9.10. The summed E-state index contributed by atoms with van der Waals surface area (Å²) in [7, 11) is 0. The van der Waals surface area contributed by atoms with Gasteiger partial charge in [-0.1, -0.05) is 23.4 Å². The van der Waals surface area contributed by atoms with Crippen LogP contribution in [0.1, 0.15) is 38.1 Å². The quantitative estimate of drug-likeness (QED) is 0.399. The summed E-state index contributed by atoms with van der Waals surface area (Å²) >= 11 is 10.6. The third-order valence-corrected chi connectivity index (χ3v) is 6.93. The number of phenolic OH excluding ortho intramolecular Hbond substituents is 1. The molecule has 0 fully saturated rings. The third-order valence-electron chi connectivity index (χ3n) is 4.98. The number of thioether (sulfide) groups is 1. The van der Waals surface area contributed by atoms with Gasteiger partial charge in [0.2, 0.25) is 0 Å². The molecular formula is C22H21BrClNO6S. The monoisotopic (exact) mass is 541 g/mol. The molecule has 2 aliphatic heterocycles. The molecule has 0 bridgehead atoms. The number of carbonyl (C=O) groups is 3. The van der Waals surface area contributed by atoms with Gasteiger partial charge >= 0.3 is 11.9 Å². The molecule has 1 unspecified atom stereocenters. The minimum atomic E-state index is -1.21. The van der Waals surface area contributed by atoms with E-state index in [0.29, 0.717) is 5.03 Å². The largest absolute Gasteiger partial charge is 0.506 e. The second-order valence-electron chi connectivity index (χ2n) is 6.91. The normalized spacial score (nSPS) is 17.9. The van der Waals surface area contributed by atoms with Crippen LogP contribution in [0.15, 0.2) is 49.5 Å². The summed E-state index contributed by atoms with van der Waals surface area (Å²) in [5, 5.41) is 11.3. The molecule has 0 spiro atoms. The fourth-order valence-corrected chi connectivity index (χ4v) is 5.35. The molecule has 2 aliphatic rings. The Kier molecular flexibility index (Phi) is 7.42. The number of Topliss-reactive ketones (excluding diaryl/α,β-unsaturated/α-hetero) is 1. The number of hydrogen-bond acceptors (Lipinski definition) is 8. The number of rotatable bonds is 6. The third kappa shape index (κ3) is 4.33. The highest BCUT2D eigenvalue weighted by Crippen LogP contribution is 2.47. The van der Waals surface area contributed by atoms with E-state index in [9.17, 15) is 19.5 Å².